The third kappa shape index (κ3) is 5.39. The maximum atomic E-state index is 12.0. The Morgan fingerprint density at radius 3 is 2.74 bits per heavy atom. The molecule has 2 aromatic rings. The Morgan fingerprint density at radius 2 is 1.91 bits per heavy atom. The van der Waals surface area contributed by atoms with Gasteiger partial charge in [0.2, 0.25) is 0 Å². The molecule has 0 aliphatic heterocycles. The Hall–Kier alpha value is -1.81. The summed E-state index contributed by atoms with van der Waals surface area (Å²) < 4.78 is 5.30. The van der Waals surface area contributed by atoms with E-state index in [4.69, 9.17) is 10.5 Å². The van der Waals surface area contributed by atoms with Crippen molar-refractivity contribution >= 4 is 16.9 Å². The molecule has 1 heterocycles. The number of rotatable bonds is 10. The lowest BCUT2D eigenvalue weighted by molar-refractivity contribution is -0.145. The lowest BCUT2D eigenvalue weighted by Gasteiger charge is -2.11. The van der Waals surface area contributed by atoms with E-state index in [-0.39, 0.29) is 5.97 Å². The van der Waals surface area contributed by atoms with Crippen LogP contribution in [0.15, 0.2) is 30.5 Å². The largest absolute Gasteiger partial charge is 0.465 e. The molecular weight excluding hydrogens is 288 g/mol. The van der Waals surface area contributed by atoms with Crippen LogP contribution in [0.25, 0.3) is 10.9 Å². The van der Waals surface area contributed by atoms with Crippen LogP contribution in [0.5, 0.6) is 0 Å². The highest BCUT2D eigenvalue weighted by Gasteiger charge is 2.17. The summed E-state index contributed by atoms with van der Waals surface area (Å²) in [4.78, 5) is 15.2. The van der Waals surface area contributed by atoms with Gasteiger partial charge >= 0.3 is 5.97 Å². The Kier molecular flexibility index (Phi) is 7.14. The average molecular weight is 316 g/mol. The van der Waals surface area contributed by atoms with Crippen molar-refractivity contribution < 1.29 is 9.53 Å². The van der Waals surface area contributed by atoms with Crippen molar-refractivity contribution in [1.29, 1.82) is 0 Å². The molecule has 126 valence electrons. The van der Waals surface area contributed by atoms with Gasteiger partial charge in [-0.1, -0.05) is 57.2 Å². The topological polar surface area (TPSA) is 68.1 Å². The van der Waals surface area contributed by atoms with Crippen LogP contribution in [0.3, 0.4) is 0 Å². The van der Waals surface area contributed by atoms with E-state index in [0.717, 1.165) is 29.3 Å². The summed E-state index contributed by atoms with van der Waals surface area (Å²) in [6.07, 6.45) is 9.48. The predicted molar refractivity (Wildman–Crippen MR) is 94.3 cm³/mol. The number of aromatic amines is 1. The van der Waals surface area contributed by atoms with Crippen LogP contribution in [0.1, 0.15) is 51.0 Å². The van der Waals surface area contributed by atoms with Gasteiger partial charge in [-0.3, -0.25) is 4.79 Å². The number of fused-ring (bicyclic) bond motifs is 1. The van der Waals surface area contributed by atoms with Crippen molar-refractivity contribution in [2.75, 3.05) is 6.61 Å². The lowest BCUT2D eigenvalue weighted by atomic mass is 10.1. The molecule has 4 nitrogen and oxygen atoms in total. The second-order valence-electron chi connectivity index (χ2n) is 6.11. The number of H-pyrrole nitrogens is 1. The Balaban J connectivity index is 1.71. The van der Waals surface area contributed by atoms with Crippen molar-refractivity contribution in [3.8, 4) is 0 Å². The van der Waals surface area contributed by atoms with Crippen molar-refractivity contribution in [3.05, 3.63) is 36.0 Å². The molecule has 23 heavy (non-hydrogen) atoms. The Bertz CT molecular complexity index is 606. The molecule has 4 heteroatoms. The molecule has 0 spiro atoms. The number of esters is 1. The van der Waals surface area contributed by atoms with Crippen molar-refractivity contribution in [1.82, 2.24) is 4.98 Å². The summed E-state index contributed by atoms with van der Waals surface area (Å²) >= 11 is 0. The first-order valence-electron chi connectivity index (χ1n) is 8.69. The van der Waals surface area contributed by atoms with Crippen LogP contribution in [-0.4, -0.2) is 23.6 Å². The van der Waals surface area contributed by atoms with Crippen molar-refractivity contribution in [3.63, 3.8) is 0 Å². The van der Waals surface area contributed by atoms with E-state index >= 15 is 0 Å². The number of carbonyl (C=O) groups is 1. The first-order chi connectivity index (χ1) is 11.2. The number of carbonyl (C=O) groups excluding carboxylic acids is 1. The van der Waals surface area contributed by atoms with E-state index in [1.807, 2.05) is 30.5 Å². The highest BCUT2D eigenvalue weighted by molar-refractivity contribution is 5.84. The van der Waals surface area contributed by atoms with Gasteiger partial charge in [0, 0.05) is 23.5 Å². The molecule has 1 atom stereocenters. The third-order valence-corrected chi connectivity index (χ3v) is 4.16. The van der Waals surface area contributed by atoms with Gasteiger partial charge in [-0.05, 0) is 18.1 Å². The fourth-order valence-corrected chi connectivity index (χ4v) is 2.78. The van der Waals surface area contributed by atoms with Crippen LogP contribution in [-0.2, 0) is 16.0 Å². The molecular formula is C19H28N2O2. The zero-order valence-corrected chi connectivity index (χ0v) is 14.0. The van der Waals surface area contributed by atoms with Crippen molar-refractivity contribution in [2.45, 2.75) is 57.9 Å². The van der Waals surface area contributed by atoms with Gasteiger partial charge in [0.1, 0.15) is 6.04 Å². The first kappa shape index (κ1) is 17.5. The minimum atomic E-state index is -0.603. The minimum Gasteiger partial charge on any atom is -0.465 e. The normalized spacial score (nSPS) is 12.4. The molecule has 0 aliphatic carbocycles. The van der Waals surface area contributed by atoms with E-state index in [9.17, 15) is 4.79 Å². The van der Waals surface area contributed by atoms with E-state index in [1.165, 1.54) is 25.7 Å². The molecule has 3 N–H and O–H groups in total. The molecule has 0 aliphatic rings. The lowest BCUT2D eigenvalue weighted by Crippen LogP contribution is -2.34. The number of benzene rings is 1. The average Bonchev–Trinajstić information content (AvgIpc) is 2.97. The number of hydrogen-bond acceptors (Lipinski definition) is 3. The zero-order chi connectivity index (χ0) is 16.5. The van der Waals surface area contributed by atoms with Crippen LogP contribution >= 0.6 is 0 Å². The highest BCUT2D eigenvalue weighted by atomic mass is 16.5. The fraction of sp³-hybridized carbons (Fsp3) is 0.526. The summed E-state index contributed by atoms with van der Waals surface area (Å²) in [6.45, 7) is 2.68. The second-order valence-corrected chi connectivity index (χ2v) is 6.11. The number of aromatic nitrogens is 1. The second kappa shape index (κ2) is 9.36. The molecule has 1 aromatic heterocycles. The number of nitrogens with one attached hydrogen (secondary N) is 1. The maximum absolute atomic E-state index is 12.0. The summed E-state index contributed by atoms with van der Waals surface area (Å²) in [5.41, 5.74) is 8.12. The summed E-state index contributed by atoms with van der Waals surface area (Å²) in [6, 6.07) is 7.42. The van der Waals surface area contributed by atoms with Gasteiger partial charge in [0.25, 0.3) is 0 Å². The number of hydrogen-bond donors (Lipinski definition) is 2. The van der Waals surface area contributed by atoms with Gasteiger partial charge in [-0.2, -0.15) is 0 Å². The monoisotopic (exact) mass is 316 g/mol. The van der Waals surface area contributed by atoms with Gasteiger partial charge in [0.15, 0.2) is 0 Å². The Morgan fingerprint density at radius 1 is 1.17 bits per heavy atom. The fourth-order valence-electron chi connectivity index (χ4n) is 2.78. The van der Waals surface area contributed by atoms with E-state index < -0.39 is 6.04 Å². The summed E-state index contributed by atoms with van der Waals surface area (Å²) in [7, 11) is 0. The van der Waals surface area contributed by atoms with Crippen LogP contribution in [0.4, 0.5) is 0 Å². The first-order valence-corrected chi connectivity index (χ1v) is 8.69. The Labute approximate surface area is 138 Å². The third-order valence-electron chi connectivity index (χ3n) is 4.16. The quantitative estimate of drug-likeness (QED) is 0.515. The van der Waals surface area contributed by atoms with E-state index in [2.05, 4.69) is 11.9 Å². The number of unbranched alkanes of at least 4 members (excludes halogenated alkanes) is 5. The van der Waals surface area contributed by atoms with Crippen LogP contribution in [0, 0.1) is 0 Å². The molecule has 0 unspecified atom stereocenters. The van der Waals surface area contributed by atoms with Crippen LogP contribution < -0.4 is 5.73 Å². The summed E-state index contributed by atoms with van der Waals surface area (Å²) in [5, 5.41) is 1.12. The van der Waals surface area contributed by atoms with Gasteiger partial charge < -0.3 is 15.5 Å². The summed E-state index contributed by atoms with van der Waals surface area (Å²) in [5.74, 6) is -0.302. The predicted octanol–water partition coefficient (Wildman–Crippen LogP) is 3.94. The molecule has 0 saturated carbocycles. The molecule has 0 amide bonds. The van der Waals surface area contributed by atoms with Gasteiger partial charge in [0.05, 0.1) is 6.61 Å². The molecule has 2 rings (SSSR count). The standard InChI is InChI=1S/C19H28N2O2/c1-2-3-4-5-6-9-12-23-19(22)17(20)13-15-14-21-18-11-8-7-10-16(15)18/h7-8,10-11,14,17,21H,2-6,9,12-13,20H2,1H3/t17-/m0/s1. The molecule has 0 radical (unpaired) electrons. The number of nitrogens with two attached hydrogens (primary N) is 1. The van der Waals surface area contributed by atoms with Crippen molar-refractivity contribution in [2.24, 2.45) is 5.73 Å². The minimum absolute atomic E-state index is 0.302. The number of ether oxygens (including phenoxy) is 1. The molecule has 0 fully saturated rings. The highest BCUT2D eigenvalue weighted by Crippen LogP contribution is 2.19. The number of para-hydroxylation sites is 1. The molecule has 0 bridgehead atoms. The van der Waals surface area contributed by atoms with Gasteiger partial charge in [-0.25, -0.2) is 0 Å². The zero-order valence-electron chi connectivity index (χ0n) is 14.0. The van der Waals surface area contributed by atoms with E-state index in [1.54, 1.807) is 0 Å². The molecule has 0 saturated heterocycles. The van der Waals surface area contributed by atoms with Gasteiger partial charge in [-0.15, -0.1) is 0 Å². The molecule has 1 aromatic carbocycles. The van der Waals surface area contributed by atoms with E-state index in [0.29, 0.717) is 13.0 Å². The smallest absolute Gasteiger partial charge is 0.323 e. The maximum Gasteiger partial charge on any atom is 0.323 e. The SMILES string of the molecule is CCCCCCCCOC(=O)[C@@H](N)Cc1c[nH]c2ccccc12. The van der Waals surface area contributed by atoms with Crippen LogP contribution in [0.2, 0.25) is 0 Å².